The van der Waals surface area contributed by atoms with Crippen LogP contribution in [-0.2, 0) is 4.79 Å². The maximum atomic E-state index is 12.2. The molecule has 1 amide bonds. The highest BCUT2D eigenvalue weighted by atomic mass is 16.2. The van der Waals surface area contributed by atoms with Crippen LogP contribution in [0.25, 0.3) is 11.4 Å². The van der Waals surface area contributed by atoms with E-state index in [4.69, 9.17) is 0 Å². The number of rotatable bonds is 6. The van der Waals surface area contributed by atoms with Gasteiger partial charge in [0.2, 0.25) is 5.91 Å². The molecule has 2 aromatic heterocycles. The molecule has 0 aliphatic heterocycles. The van der Waals surface area contributed by atoms with Crippen molar-refractivity contribution in [3.8, 4) is 11.4 Å². The number of aromatic nitrogens is 3. The maximum Gasteiger partial charge on any atom is 0.251 e. The van der Waals surface area contributed by atoms with E-state index in [2.05, 4.69) is 20.3 Å². The van der Waals surface area contributed by atoms with E-state index in [0.29, 0.717) is 11.5 Å². The highest BCUT2D eigenvalue weighted by molar-refractivity contribution is 5.78. The molecule has 0 aliphatic rings. The van der Waals surface area contributed by atoms with E-state index in [9.17, 15) is 9.59 Å². The smallest absolute Gasteiger partial charge is 0.251 e. The molecule has 0 bridgehead atoms. The van der Waals surface area contributed by atoms with Crippen LogP contribution in [0.1, 0.15) is 45.3 Å². The van der Waals surface area contributed by atoms with Crippen LogP contribution in [0.4, 0.5) is 0 Å². The van der Waals surface area contributed by atoms with Gasteiger partial charge >= 0.3 is 0 Å². The lowest BCUT2D eigenvalue weighted by atomic mass is 10.0. The number of nitrogens with zero attached hydrogens (tertiary/aromatic N) is 2. The van der Waals surface area contributed by atoms with Gasteiger partial charge < -0.3 is 10.3 Å². The lowest BCUT2D eigenvalue weighted by molar-refractivity contribution is -0.125. The fourth-order valence-electron chi connectivity index (χ4n) is 2.40. The van der Waals surface area contributed by atoms with Crippen molar-refractivity contribution < 1.29 is 4.79 Å². The van der Waals surface area contributed by atoms with Gasteiger partial charge in [-0.25, -0.2) is 4.98 Å². The molecular weight excluding hydrogens is 292 g/mol. The monoisotopic (exact) mass is 314 g/mol. The average molecular weight is 314 g/mol. The van der Waals surface area contributed by atoms with Crippen LogP contribution in [0, 0.1) is 5.92 Å². The molecule has 6 heteroatoms. The van der Waals surface area contributed by atoms with Gasteiger partial charge in [-0.2, -0.15) is 0 Å². The van der Waals surface area contributed by atoms with E-state index >= 15 is 0 Å². The SMILES string of the molecule is CCC(CC)C(=O)NC(C)c1cc(=O)[nH]c(-c2cccnc2)n1. The van der Waals surface area contributed by atoms with Gasteiger partial charge in [-0.15, -0.1) is 0 Å². The Balaban J connectivity index is 2.24. The van der Waals surface area contributed by atoms with E-state index in [1.54, 1.807) is 18.5 Å². The summed E-state index contributed by atoms with van der Waals surface area (Å²) in [4.78, 5) is 35.3. The number of carbonyl (C=O) groups excluding carboxylic acids is 1. The highest BCUT2D eigenvalue weighted by Gasteiger charge is 2.18. The van der Waals surface area contributed by atoms with Crippen molar-refractivity contribution in [3.05, 3.63) is 46.6 Å². The van der Waals surface area contributed by atoms with E-state index < -0.39 is 0 Å². The highest BCUT2D eigenvalue weighted by Crippen LogP contribution is 2.16. The van der Waals surface area contributed by atoms with Crippen molar-refractivity contribution in [2.75, 3.05) is 0 Å². The van der Waals surface area contributed by atoms with Gasteiger partial charge in [0.15, 0.2) is 0 Å². The topological polar surface area (TPSA) is 87.7 Å². The minimum absolute atomic E-state index is 0.00694. The second-order valence-electron chi connectivity index (χ2n) is 5.50. The number of aromatic amines is 1. The number of pyridine rings is 1. The van der Waals surface area contributed by atoms with Crippen molar-refractivity contribution in [3.63, 3.8) is 0 Å². The molecule has 122 valence electrons. The third-order valence-electron chi connectivity index (χ3n) is 3.86. The molecule has 6 nitrogen and oxygen atoms in total. The Morgan fingerprint density at radius 3 is 2.70 bits per heavy atom. The quantitative estimate of drug-likeness (QED) is 0.857. The zero-order valence-corrected chi connectivity index (χ0v) is 13.7. The molecule has 0 aromatic carbocycles. The van der Waals surface area contributed by atoms with Crippen LogP contribution < -0.4 is 10.9 Å². The summed E-state index contributed by atoms with van der Waals surface area (Å²) in [6.45, 7) is 5.81. The van der Waals surface area contributed by atoms with E-state index in [1.165, 1.54) is 6.07 Å². The van der Waals surface area contributed by atoms with Crippen LogP contribution in [-0.4, -0.2) is 20.9 Å². The minimum atomic E-state index is -0.333. The fraction of sp³-hybridized carbons (Fsp3) is 0.412. The van der Waals surface area contributed by atoms with Crippen LogP contribution in [0.2, 0.25) is 0 Å². The molecule has 0 spiro atoms. The normalized spacial score (nSPS) is 12.2. The lowest BCUT2D eigenvalue weighted by Gasteiger charge is -2.18. The van der Waals surface area contributed by atoms with Crippen LogP contribution >= 0.6 is 0 Å². The molecule has 0 saturated carbocycles. The molecule has 23 heavy (non-hydrogen) atoms. The summed E-state index contributed by atoms with van der Waals surface area (Å²) in [5.74, 6) is 0.425. The van der Waals surface area contributed by atoms with Gasteiger partial charge in [-0.05, 0) is 31.9 Å². The Bertz CT molecular complexity index is 708. The molecular formula is C17H22N4O2. The van der Waals surface area contributed by atoms with E-state index in [0.717, 1.165) is 18.4 Å². The molecule has 2 aromatic rings. The molecule has 0 saturated heterocycles. The summed E-state index contributed by atoms with van der Waals surface area (Å²) in [6.07, 6.45) is 4.87. The maximum absolute atomic E-state index is 12.2. The summed E-state index contributed by atoms with van der Waals surface area (Å²) >= 11 is 0. The van der Waals surface area contributed by atoms with Crippen molar-refractivity contribution in [1.82, 2.24) is 20.3 Å². The largest absolute Gasteiger partial charge is 0.348 e. The zero-order valence-electron chi connectivity index (χ0n) is 13.7. The summed E-state index contributed by atoms with van der Waals surface area (Å²) in [6, 6.07) is 4.68. The predicted octanol–water partition coefficient (Wildman–Crippen LogP) is 2.45. The van der Waals surface area contributed by atoms with Crippen molar-refractivity contribution in [2.45, 2.75) is 39.7 Å². The first-order valence-corrected chi connectivity index (χ1v) is 7.87. The Labute approximate surface area is 135 Å². The third-order valence-corrected chi connectivity index (χ3v) is 3.86. The van der Waals surface area contributed by atoms with E-state index in [1.807, 2.05) is 26.8 Å². The lowest BCUT2D eigenvalue weighted by Crippen LogP contribution is -2.33. The first-order chi connectivity index (χ1) is 11.0. The second kappa shape index (κ2) is 7.67. The molecule has 1 atom stereocenters. The first kappa shape index (κ1) is 16.9. The Kier molecular flexibility index (Phi) is 5.62. The van der Waals surface area contributed by atoms with Gasteiger partial charge in [-0.1, -0.05) is 13.8 Å². The van der Waals surface area contributed by atoms with Crippen molar-refractivity contribution in [1.29, 1.82) is 0 Å². The number of hydrogen-bond donors (Lipinski definition) is 2. The van der Waals surface area contributed by atoms with Gasteiger partial charge in [-0.3, -0.25) is 14.6 Å². The van der Waals surface area contributed by atoms with E-state index in [-0.39, 0.29) is 23.4 Å². The van der Waals surface area contributed by atoms with Crippen LogP contribution in [0.3, 0.4) is 0 Å². The molecule has 0 radical (unpaired) electrons. The minimum Gasteiger partial charge on any atom is -0.348 e. The zero-order chi connectivity index (χ0) is 16.8. The number of H-pyrrole nitrogens is 1. The van der Waals surface area contributed by atoms with Gasteiger partial charge in [0.25, 0.3) is 5.56 Å². The summed E-state index contributed by atoms with van der Waals surface area (Å²) in [5.41, 5.74) is 1.01. The molecule has 0 aliphatic carbocycles. The summed E-state index contributed by atoms with van der Waals surface area (Å²) in [7, 11) is 0. The summed E-state index contributed by atoms with van der Waals surface area (Å²) < 4.78 is 0. The number of amides is 1. The van der Waals surface area contributed by atoms with Gasteiger partial charge in [0, 0.05) is 29.9 Å². The standard InChI is InChI=1S/C17H22N4O2/c1-4-12(5-2)17(23)19-11(3)14-9-15(22)21-16(20-14)13-7-6-8-18-10-13/h6-12H,4-5H2,1-3H3,(H,19,23)(H,20,21,22). The average Bonchev–Trinajstić information content (AvgIpc) is 2.56. The Hall–Kier alpha value is -2.50. The van der Waals surface area contributed by atoms with Gasteiger partial charge in [0.1, 0.15) is 5.82 Å². The first-order valence-electron chi connectivity index (χ1n) is 7.87. The molecule has 2 heterocycles. The number of hydrogen-bond acceptors (Lipinski definition) is 4. The van der Waals surface area contributed by atoms with Crippen LogP contribution in [0.5, 0.6) is 0 Å². The van der Waals surface area contributed by atoms with Crippen molar-refractivity contribution in [2.24, 2.45) is 5.92 Å². The Morgan fingerprint density at radius 2 is 2.09 bits per heavy atom. The number of nitrogens with one attached hydrogen (secondary N) is 2. The molecule has 1 unspecified atom stereocenters. The van der Waals surface area contributed by atoms with Gasteiger partial charge in [0.05, 0.1) is 11.7 Å². The molecule has 2 N–H and O–H groups in total. The second-order valence-corrected chi connectivity index (χ2v) is 5.50. The summed E-state index contributed by atoms with van der Waals surface area (Å²) in [5, 5.41) is 2.93. The molecule has 2 rings (SSSR count). The Morgan fingerprint density at radius 1 is 1.35 bits per heavy atom. The third kappa shape index (κ3) is 4.25. The number of carbonyl (C=O) groups is 1. The molecule has 0 fully saturated rings. The van der Waals surface area contributed by atoms with Crippen LogP contribution in [0.15, 0.2) is 35.4 Å². The predicted molar refractivity (Wildman–Crippen MR) is 88.7 cm³/mol. The fourth-order valence-corrected chi connectivity index (χ4v) is 2.40. The van der Waals surface area contributed by atoms with Crippen molar-refractivity contribution >= 4 is 5.91 Å².